The van der Waals surface area contributed by atoms with Crippen LogP contribution in [0.2, 0.25) is 0 Å². The van der Waals surface area contributed by atoms with Crippen molar-refractivity contribution in [1.82, 2.24) is 0 Å². The smallest absolute Gasteiger partial charge is 0.490 e. The molecule has 0 amide bonds. The first-order chi connectivity index (χ1) is 12.7. The molecule has 6 heteroatoms. The number of benzene rings is 2. The Morgan fingerprint density at radius 3 is 2.19 bits per heavy atom. The van der Waals surface area contributed by atoms with E-state index in [2.05, 4.69) is 0 Å². The highest BCUT2D eigenvalue weighted by molar-refractivity contribution is 6.62. The molecule has 4 nitrogen and oxygen atoms in total. The van der Waals surface area contributed by atoms with Crippen molar-refractivity contribution in [2.24, 2.45) is 0 Å². The average molecular weight is 372 g/mol. The Kier molecular flexibility index (Phi) is 5.49. The van der Waals surface area contributed by atoms with Gasteiger partial charge in [0.1, 0.15) is 6.61 Å². The lowest BCUT2D eigenvalue weighted by atomic mass is 9.79. The van der Waals surface area contributed by atoms with Gasteiger partial charge in [-0.3, -0.25) is 0 Å². The molecule has 0 radical (unpaired) electrons. The molecule has 0 aliphatic carbocycles. The van der Waals surface area contributed by atoms with E-state index in [1.54, 1.807) is 6.07 Å². The summed E-state index contributed by atoms with van der Waals surface area (Å²) in [5.74, 6) is -0.0549. The summed E-state index contributed by atoms with van der Waals surface area (Å²) in [7, 11) is -0.660. The molecule has 0 atom stereocenters. The van der Waals surface area contributed by atoms with E-state index in [0.29, 0.717) is 17.8 Å². The van der Waals surface area contributed by atoms with Gasteiger partial charge in [0.25, 0.3) is 0 Å². The first-order valence-corrected chi connectivity index (χ1v) is 9.22. The van der Waals surface area contributed by atoms with E-state index in [4.69, 9.17) is 18.8 Å². The summed E-state index contributed by atoms with van der Waals surface area (Å²) in [5.41, 5.74) is 0.529. The van der Waals surface area contributed by atoms with Crippen LogP contribution in [0.25, 0.3) is 0 Å². The molecule has 0 aromatic heterocycles. The van der Waals surface area contributed by atoms with E-state index in [-0.39, 0.29) is 12.4 Å². The van der Waals surface area contributed by atoms with E-state index in [1.807, 2.05) is 65.0 Å². The highest BCUT2D eigenvalue weighted by Crippen LogP contribution is 2.38. The molecule has 144 valence electrons. The summed E-state index contributed by atoms with van der Waals surface area (Å²) >= 11 is 0. The molecule has 0 N–H and O–H groups in total. The summed E-state index contributed by atoms with van der Waals surface area (Å²) in [6, 6.07) is 12.7. The molecule has 1 fully saturated rings. The van der Waals surface area contributed by atoms with E-state index in [9.17, 15) is 4.39 Å². The van der Waals surface area contributed by atoms with Crippen molar-refractivity contribution < 1.29 is 23.2 Å². The Labute approximate surface area is 160 Å². The second-order valence-corrected chi connectivity index (χ2v) is 7.63. The lowest BCUT2D eigenvalue weighted by Gasteiger charge is -2.32. The number of halogens is 1. The first kappa shape index (κ1) is 19.7. The maximum Gasteiger partial charge on any atom is 0.495 e. The van der Waals surface area contributed by atoms with Crippen molar-refractivity contribution in [3.63, 3.8) is 0 Å². The average Bonchev–Trinajstić information content (AvgIpc) is 2.83. The van der Waals surface area contributed by atoms with E-state index in [0.717, 1.165) is 5.56 Å². The Morgan fingerprint density at radius 1 is 0.963 bits per heavy atom. The predicted molar refractivity (Wildman–Crippen MR) is 104 cm³/mol. The van der Waals surface area contributed by atoms with Crippen LogP contribution in [0.1, 0.15) is 40.2 Å². The maximum atomic E-state index is 14.9. The molecule has 3 rings (SSSR count). The zero-order valence-corrected chi connectivity index (χ0v) is 16.5. The zero-order chi connectivity index (χ0) is 19.7. The second kappa shape index (κ2) is 7.53. The summed E-state index contributed by atoms with van der Waals surface area (Å²) in [5, 5.41) is 0. The molecule has 1 aliphatic rings. The van der Waals surface area contributed by atoms with Gasteiger partial charge >= 0.3 is 7.12 Å². The Morgan fingerprint density at radius 2 is 1.59 bits per heavy atom. The molecule has 0 saturated carbocycles. The molecule has 2 aromatic rings. The molecule has 0 spiro atoms. The van der Waals surface area contributed by atoms with Crippen LogP contribution in [0.4, 0.5) is 4.39 Å². The highest BCUT2D eigenvalue weighted by Gasteiger charge is 2.52. The molecule has 2 aromatic carbocycles. The highest BCUT2D eigenvalue weighted by atomic mass is 19.1. The summed E-state index contributed by atoms with van der Waals surface area (Å²) in [6.07, 6.45) is 0. The Bertz CT molecular complexity index is 776. The van der Waals surface area contributed by atoms with Crippen molar-refractivity contribution in [2.75, 3.05) is 6.61 Å². The SMILES string of the molecule is CCOc1cc(B2OC(C)(C)C(C)(C)O2)cc(F)c1OCc1ccccc1. The van der Waals surface area contributed by atoms with Crippen molar-refractivity contribution in [2.45, 2.75) is 52.4 Å². The quantitative estimate of drug-likeness (QED) is 0.716. The third-order valence-corrected chi connectivity index (χ3v) is 5.08. The minimum absolute atomic E-state index is 0.0981. The van der Waals surface area contributed by atoms with Gasteiger partial charge in [-0.05, 0) is 57.8 Å². The van der Waals surface area contributed by atoms with E-state index < -0.39 is 24.1 Å². The standard InChI is InChI=1S/C21H26BFO4/c1-6-24-18-13-16(22-26-20(2,3)21(4,5)27-22)12-17(23)19(18)25-14-15-10-8-7-9-11-15/h7-13H,6,14H2,1-5H3. The van der Waals surface area contributed by atoms with Crippen molar-refractivity contribution in [3.05, 3.63) is 53.8 Å². The molecule has 27 heavy (non-hydrogen) atoms. The molecule has 1 heterocycles. The largest absolute Gasteiger partial charge is 0.495 e. The van der Waals surface area contributed by atoms with Gasteiger partial charge in [0.2, 0.25) is 0 Å². The fourth-order valence-electron chi connectivity index (χ4n) is 2.84. The van der Waals surface area contributed by atoms with Crippen molar-refractivity contribution in [3.8, 4) is 11.5 Å². The Hall–Kier alpha value is -2.05. The van der Waals surface area contributed by atoms with Gasteiger partial charge in [0.15, 0.2) is 17.3 Å². The number of hydrogen-bond donors (Lipinski definition) is 0. The fraction of sp³-hybridized carbons (Fsp3) is 0.429. The molecular weight excluding hydrogens is 346 g/mol. The second-order valence-electron chi connectivity index (χ2n) is 7.63. The summed E-state index contributed by atoms with van der Waals surface area (Å²) < 4.78 is 38.3. The van der Waals surface area contributed by atoms with Crippen LogP contribution in [0.15, 0.2) is 42.5 Å². The van der Waals surface area contributed by atoms with Gasteiger partial charge in [-0.15, -0.1) is 0 Å². The summed E-state index contributed by atoms with van der Waals surface area (Å²) in [4.78, 5) is 0. The molecule has 0 unspecified atom stereocenters. The van der Waals surface area contributed by atoms with Gasteiger partial charge in [-0.1, -0.05) is 30.3 Å². The van der Waals surface area contributed by atoms with Crippen LogP contribution in [0, 0.1) is 5.82 Å². The first-order valence-electron chi connectivity index (χ1n) is 9.22. The molecule has 0 bridgehead atoms. The summed E-state index contributed by atoms with van der Waals surface area (Å²) in [6.45, 7) is 10.4. The Balaban J connectivity index is 1.86. The van der Waals surface area contributed by atoms with Gasteiger partial charge in [-0.2, -0.15) is 0 Å². The van der Waals surface area contributed by atoms with Gasteiger partial charge in [0, 0.05) is 0 Å². The molecule has 1 saturated heterocycles. The third kappa shape index (κ3) is 4.12. The lowest BCUT2D eigenvalue weighted by Crippen LogP contribution is -2.41. The van der Waals surface area contributed by atoms with Gasteiger partial charge in [-0.25, -0.2) is 4.39 Å². The van der Waals surface area contributed by atoms with Crippen molar-refractivity contribution in [1.29, 1.82) is 0 Å². The normalized spacial score (nSPS) is 17.8. The van der Waals surface area contributed by atoms with Crippen LogP contribution < -0.4 is 14.9 Å². The van der Waals surface area contributed by atoms with Gasteiger partial charge in [0.05, 0.1) is 17.8 Å². The van der Waals surface area contributed by atoms with Crippen LogP contribution in [0.3, 0.4) is 0 Å². The monoisotopic (exact) mass is 372 g/mol. The molecule has 1 aliphatic heterocycles. The lowest BCUT2D eigenvalue weighted by molar-refractivity contribution is 0.00578. The number of ether oxygens (including phenoxy) is 2. The van der Waals surface area contributed by atoms with Crippen molar-refractivity contribution >= 4 is 12.6 Å². The van der Waals surface area contributed by atoms with Gasteiger partial charge < -0.3 is 18.8 Å². The fourth-order valence-corrected chi connectivity index (χ4v) is 2.84. The van der Waals surface area contributed by atoms with Crippen LogP contribution in [0.5, 0.6) is 11.5 Å². The minimum atomic E-state index is -0.660. The third-order valence-electron chi connectivity index (χ3n) is 5.08. The minimum Gasteiger partial charge on any atom is -0.490 e. The van der Waals surface area contributed by atoms with Crippen LogP contribution >= 0.6 is 0 Å². The van der Waals surface area contributed by atoms with Crippen LogP contribution in [-0.2, 0) is 15.9 Å². The zero-order valence-electron chi connectivity index (χ0n) is 16.5. The van der Waals surface area contributed by atoms with Crippen LogP contribution in [-0.4, -0.2) is 24.9 Å². The maximum absolute atomic E-state index is 14.9. The van der Waals surface area contributed by atoms with E-state index >= 15 is 0 Å². The topological polar surface area (TPSA) is 36.9 Å². The number of rotatable bonds is 6. The van der Waals surface area contributed by atoms with E-state index in [1.165, 1.54) is 6.07 Å². The predicted octanol–water partition coefficient (Wildman–Crippen LogP) is 4.10. The molecular formula is C21H26BFO4. The number of hydrogen-bond acceptors (Lipinski definition) is 4.